The van der Waals surface area contributed by atoms with E-state index in [0.717, 1.165) is 6.54 Å². The maximum Gasteiger partial charge on any atom is 0.268 e. The second kappa shape index (κ2) is 4.29. The standard InChI is InChI=1S/C10H14N4OS/c1-16-10(2-3-10)6-13-8-5-12-4-7(14-8)9(11)15/h4-5H,2-3,6H2,1H3,(H2,11,15)(H,13,14). The van der Waals surface area contributed by atoms with Crippen LogP contribution in [-0.2, 0) is 0 Å². The molecule has 0 aliphatic heterocycles. The summed E-state index contributed by atoms with van der Waals surface area (Å²) < 4.78 is 0.352. The number of nitrogens with one attached hydrogen (secondary N) is 1. The molecule has 1 heterocycles. The SMILES string of the molecule is CSC1(CNc2cncc(C(N)=O)n2)CC1. The number of aromatic nitrogens is 2. The van der Waals surface area contributed by atoms with E-state index in [1.807, 2.05) is 11.8 Å². The lowest BCUT2D eigenvalue weighted by molar-refractivity contribution is 0.0995. The number of amides is 1. The van der Waals surface area contributed by atoms with Crippen LogP contribution in [-0.4, -0.2) is 33.4 Å². The van der Waals surface area contributed by atoms with Crippen molar-refractivity contribution >= 4 is 23.5 Å². The first kappa shape index (κ1) is 11.2. The van der Waals surface area contributed by atoms with Crippen molar-refractivity contribution in [3.63, 3.8) is 0 Å². The molecule has 5 nitrogen and oxygen atoms in total. The van der Waals surface area contributed by atoms with Crippen LogP contribution >= 0.6 is 11.8 Å². The smallest absolute Gasteiger partial charge is 0.268 e. The molecular weight excluding hydrogens is 224 g/mol. The van der Waals surface area contributed by atoms with Crippen LogP contribution in [0.15, 0.2) is 12.4 Å². The lowest BCUT2D eigenvalue weighted by Crippen LogP contribution is -2.20. The summed E-state index contributed by atoms with van der Waals surface area (Å²) in [4.78, 5) is 18.9. The first-order valence-electron chi connectivity index (χ1n) is 5.06. The van der Waals surface area contributed by atoms with Crippen LogP contribution < -0.4 is 11.1 Å². The summed E-state index contributed by atoms with van der Waals surface area (Å²) >= 11 is 1.87. The molecule has 1 aromatic rings. The minimum Gasteiger partial charge on any atom is -0.367 e. The Balaban J connectivity index is 1.99. The molecule has 16 heavy (non-hydrogen) atoms. The van der Waals surface area contributed by atoms with Crippen molar-refractivity contribution in [2.24, 2.45) is 5.73 Å². The maximum atomic E-state index is 10.9. The van der Waals surface area contributed by atoms with E-state index in [0.29, 0.717) is 10.6 Å². The lowest BCUT2D eigenvalue weighted by atomic mass is 10.4. The summed E-state index contributed by atoms with van der Waals surface area (Å²) in [6, 6.07) is 0. The minimum atomic E-state index is -0.554. The second-order valence-corrected chi connectivity index (χ2v) is 5.17. The molecule has 86 valence electrons. The topological polar surface area (TPSA) is 80.9 Å². The molecule has 1 saturated carbocycles. The molecule has 0 aromatic carbocycles. The van der Waals surface area contributed by atoms with Crippen LogP contribution in [0.3, 0.4) is 0 Å². The average molecular weight is 238 g/mol. The predicted molar refractivity (Wildman–Crippen MR) is 64.5 cm³/mol. The van der Waals surface area contributed by atoms with Gasteiger partial charge in [0.05, 0.1) is 12.4 Å². The second-order valence-electron chi connectivity index (χ2n) is 3.89. The van der Waals surface area contributed by atoms with Gasteiger partial charge in [0, 0.05) is 11.3 Å². The Morgan fingerprint density at radius 1 is 1.62 bits per heavy atom. The van der Waals surface area contributed by atoms with Crippen LogP contribution in [0.25, 0.3) is 0 Å². The number of nitrogens with two attached hydrogens (primary N) is 1. The predicted octanol–water partition coefficient (Wildman–Crippen LogP) is 0.883. The normalized spacial score (nSPS) is 16.8. The van der Waals surface area contributed by atoms with Gasteiger partial charge < -0.3 is 11.1 Å². The molecule has 0 bridgehead atoms. The maximum absolute atomic E-state index is 10.9. The molecular formula is C10H14N4OS. The van der Waals surface area contributed by atoms with E-state index in [1.54, 1.807) is 6.20 Å². The molecule has 1 fully saturated rings. The van der Waals surface area contributed by atoms with E-state index in [2.05, 4.69) is 21.5 Å². The Kier molecular flexibility index (Phi) is 3.00. The number of carbonyl (C=O) groups excluding carboxylic acids is 1. The number of rotatable bonds is 5. The number of anilines is 1. The lowest BCUT2D eigenvalue weighted by Gasteiger charge is -2.13. The van der Waals surface area contributed by atoms with E-state index in [9.17, 15) is 4.79 Å². The Morgan fingerprint density at radius 2 is 2.38 bits per heavy atom. The van der Waals surface area contributed by atoms with Gasteiger partial charge in [0.1, 0.15) is 11.5 Å². The van der Waals surface area contributed by atoms with Gasteiger partial charge in [-0.3, -0.25) is 9.78 Å². The number of thioether (sulfide) groups is 1. The Labute approximate surface area is 98.2 Å². The third-order valence-corrected chi connectivity index (χ3v) is 4.14. The number of hydrogen-bond donors (Lipinski definition) is 2. The van der Waals surface area contributed by atoms with Crippen molar-refractivity contribution in [2.75, 3.05) is 18.1 Å². The van der Waals surface area contributed by atoms with E-state index in [1.165, 1.54) is 19.0 Å². The highest BCUT2D eigenvalue weighted by molar-refractivity contribution is 8.00. The van der Waals surface area contributed by atoms with Crippen LogP contribution in [0.2, 0.25) is 0 Å². The molecule has 0 atom stereocenters. The molecule has 0 unspecified atom stereocenters. The van der Waals surface area contributed by atoms with Crippen LogP contribution in [0.1, 0.15) is 23.3 Å². The molecule has 6 heteroatoms. The van der Waals surface area contributed by atoms with Gasteiger partial charge in [-0.25, -0.2) is 4.98 Å². The van der Waals surface area contributed by atoms with E-state index in [4.69, 9.17) is 5.73 Å². The zero-order valence-corrected chi connectivity index (χ0v) is 9.88. The molecule has 1 aliphatic rings. The van der Waals surface area contributed by atoms with Gasteiger partial charge in [0.25, 0.3) is 5.91 Å². The number of nitrogens with zero attached hydrogens (tertiary/aromatic N) is 2. The number of carbonyl (C=O) groups is 1. The van der Waals surface area contributed by atoms with Gasteiger partial charge >= 0.3 is 0 Å². The molecule has 1 aliphatic carbocycles. The molecule has 1 aromatic heterocycles. The molecule has 1 amide bonds. The molecule has 0 spiro atoms. The molecule has 2 rings (SSSR count). The number of primary amides is 1. The molecule has 0 saturated heterocycles. The molecule has 0 radical (unpaired) electrons. The first-order chi connectivity index (χ1) is 7.65. The molecule has 3 N–H and O–H groups in total. The van der Waals surface area contributed by atoms with E-state index in [-0.39, 0.29) is 5.69 Å². The van der Waals surface area contributed by atoms with Gasteiger partial charge in [-0.1, -0.05) is 0 Å². The monoisotopic (exact) mass is 238 g/mol. The fourth-order valence-corrected chi connectivity index (χ4v) is 2.14. The fraction of sp³-hybridized carbons (Fsp3) is 0.500. The van der Waals surface area contributed by atoms with Crippen LogP contribution in [0.5, 0.6) is 0 Å². The summed E-state index contributed by atoms with van der Waals surface area (Å²) in [6.45, 7) is 0.852. The summed E-state index contributed by atoms with van der Waals surface area (Å²) in [5.41, 5.74) is 5.32. The fourth-order valence-electron chi connectivity index (χ4n) is 1.41. The third kappa shape index (κ3) is 2.44. The van der Waals surface area contributed by atoms with Gasteiger partial charge in [0.15, 0.2) is 0 Å². The Morgan fingerprint density at radius 3 is 2.94 bits per heavy atom. The van der Waals surface area contributed by atoms with Crippen molar-refractivity contribution in [2.45, 2.75) is 17.6 Å². The van der Waals surface area contributed by atoms with Crippen LogP contribution in [0.4, 0.5) is 5.82 Å². The highest BCUT2D eigenvalue weighted by atomic mass is 32.2. The first-order valence-corrected chi connectivity index (χ1v) is 6.29. The highest BCUT2D eigenvalue weighted by Gasteiger charge is 2.41. The van der Waals surface area contributed by atoms with Crippen LogP contribution in [0, 0.1) is 0 Å². The van der Waals surface area contributed by atoms with Gasteiger partial charge in [0.2, 0.25) is 0 Å². The van der Waals surface area contributed by atoms with Gasteiger partial charge in [-0.2, -0.15) is 11.8 Å². The van der Waals surface area contributed by atoms with Crippen molar-refractivity contribution < 1.29 is 4.79 Å². The highest BCUT2D eigenvalue weighted by Crippen LogP contribution is 2.46. The summed E-state index contributed by atoms with van der Waals surface area (Å²) in [5, 5.41) is 3.19. The largest absolute Gasteiger partial charge is 0.367 e. The summed E-state index contributed by atoms with van der Waals surface area (Å²) in [6.07, 6.45) is 7.53. The average Bonchev–Trinajstić information content (AvgIpc) is 3.07. The van der Waals surface area contributed by atoms with Crippen molar-refractivity contribution in [1.82, 2.24) is 9.97 Å². The Bertz CT molecular complexity index is 406. The van der Waals surface area contributed by atoms with Crippen molar-refractivity contribution in [1.29, 1.82) is 0 Å². The Hall–Kier alpha value is -1.30. The van der Waals surface area contributed by atoms with E-state index >= 15 is 0 Å². The zero-order valence-electron chi connectivity index (χ0n) is 9.06. The van der Waals surface area contributed by atoms with Crippen molar-refractivity contribution in [3.05, 3.63) is 18.1 Å². The van der Waals surface area contributed by atoms with E-state index < -0.39 is 5.91 Å². The van der Waals surface area contributed by atoms with Gasteiger partial charge in [-0.05, 0) is 19.1 Å². The summed E-state index contributed by atoms with van der Waals surface area (Å²) in [7, 11) is 0. The third-order valence-electron chi connectivity index (χ3n) is 2.72. The van der Waals surface area contributed by atoms with Gasteiger partial charge in [-0.15, -0.1) is 0 Å². The quantitative estimate of drug-likeness (QED) is 0.796. The number of hydrogen-bond acceptors (Lipinski definition) is 5. The van der Waals surface area contributed by atoms with Crippen molar-refractivity contribution in [3.8, 4) is 0 Å². The minimum absolute atomic E-state index is 0.194. The summed E-state index contributed by atoms with van der Waals surface area (Å²) in [5.74, 6) is 0.0544. The zero-order chi connectivity index (χ0) is 11.6.